The second-order valence-corrected chi connectivity index (χ2v) is 8.11. The third-order valence-corrected chi connectivity index (χ3v) is 5.93. The molecule has 0 radical (unpaired) electrons. The van der Waals surface area contributed by atoms with Crippen LogP contribution in [0.1, 0.15) is 44.0 Å². The van der Waals surface area contributed by atoms with E-state index in [0.29, 0.717) is 23.5 Å². The molecule has 0 saturated carbocycles. The number of rotatable bonds is 4. The third kappa shape index (κ3) is 3.82. The van der Waals surface area contributed by atoms with Gasteiger partial charge in [-0.05, 0) is 43.5 Å². The van der Waals surface area contributed by atoms with Crippen molar-refractivity contribution in [1.82, 2.24) is 4.98 Å². The fourth-order valence-electron chi connectivity index (χ4n) is 3.45. The first-order chi connectivity index (χ1) is 13.5. The number of carbonyl (C=O) groups excluding carboxylic acids is 2. The first-order valence-electron chi connectivity index (χ1n) is 9.24. The molecule has 2 amide bonds. The molecule has 0 bridgehead atoms. The van der Waals surface area contributed by atoms with Crippen LogP contribution < -0.4 is 10.6 Å². The summed E-state index contributed by atoms with van der Waals surface area (Å²) in [5.74, 6) is -0.203. The van der Waals surface area contributed by atoms with Gasteiger partial charge in [-0.15, -0.1) is 11.3 Å². The highest BCUT2D eigenvalue weighted by Gasteiger charge is 2.21. The fraction of sp³-hybridized carbons (Fsp3) is 0.227. The number of nitrogens with zero attached hydrogens (tertiary/aromatic N) is 1. The van der Waals surface area contributed by atoms with E-state index in [1.165, 1.54) is 22.5 Å². The maximum atomic E-state index is 12.8. The Morgan fingerprint density at radius 2 is 2.00 bits per heavy atom. The van der Waals surface area contributed by atoms with E-state index in [-0.39, 0.29) is 11.8 Å². The van der Waals surface area contributed by atoms with Crippen LogP contribution in [0.15, 0.2) is 42.5 Å². The van der Waals surface area contributed by atoms with Crippen LogP contribution in [0, 0.1) is 13.8 Å². The minimum absolute atomic E-state index is 0.0126. The standard InChI is InChI=1S/C22H21N3O2S/c1-13-5-3-6-15(11-13)12-19-14(2)23-22(28-19)25-21(27)17-7-4-8-18-16(17)9-10-20(26)24-18/h3-8,11H,9-10,12H2,1-2H3,(H,24,26)(H,23,25,27). The lowest BCUT2D eigenvalue weighted by Gasteiger charge is -2.19. The number of nitrogens with one attached hydrogen (secondary N) is 2. The maximum absolute atomic E-state index is 12.8. The van der Waals surface area contributed by atoms with E-state index in [1.807, 2.05) is 13.0 Å². The average molecular weight is 391 g/mol. The summed E-state index contributed by atoms with van der Waals surface area (Å²) in [5.41, 5.74) is 5.59. The SMILES string of the molecule is Cc1cccc(Cc2sc(NC(=O)c3cccc4c3CCC(=O)N4)nc2C)c1. The lowest BCUT2D eigenvalue weighted by molar-refractivity contribution is -0.116. The van der Waals surface area contributed by atoms with Gasteiger partial charge in [-0.25, -0.2) is 4.98 Å². The number of thiazole rings is 1. The van der Waals surface area contributed by atoms with Crippen molar-refractivity contribution >= 4 is 34.0 Å². The summed E-state index contributed by atoms with van der Waals surface area (Å²) in [6.07, 6.45) is 1.77. The predicted octanol–water partition coefficient (Wildman–Crippen LogP) is 4.49. The van der Waals surface area contributed by atoms with Crippen LogP contribution >= 0.6 is 11.3 Å². The second-order valence-electron chi connectivity index (χ2n) is 7.03. The van der Waals surface area contributed by atoms with Gasteiger partial charge in [0.2, 0.25) is 5.91 Å². The van der Waals surface area contributed by atoms with Gasteiger partial charge >= 0.3 is 0 Å². The second kappa shape index (κ2) is 7.56. The molecule has 6 heteroatoms. The average Bonchev–Trinajstić information content (AvgIpc) is 2.99. The first-order valence-corrected chi connectivity index (χ1v) is 10.1. The van der Waals surface area contributed by atoms with Gasteiger partial charge in [-0.1, -0.05) is 35.9 Å². The molecule has 142 valence electrons. The van der Waals surface area contributed by atoms with Crippen LogP contribution in [-0.2, 0) is 17.6 Å². The third-order valence-electron chi connectivity index (χ3n) is 4.86. The molecule has 0 fully saturated rings. The van der Waals surface area contributed by atoms with Crippen molar-refractivity contribution in [2.75, 3.05) is 10.6 Å². The lowest BCUT2D eigenvalue weighted by atomic mass is 9.97. The molecule has 1 aromatic heterocycles. The quantitative estimate of drug-likeness (QED) is 0.688. The Hall–Kier alpha value is -2.99. The Kier molecular flexibility index (Phi) is 4.96. The van der Waals surface area contributed by atoms with Crippen molar-refractivity contribution in [3.05, 3.63) is 75.3 Å². The summed E-state index contributed by atoms with van der Waals surface area (Å²) in [6.45, 7) is 4.05. The number of hydrogen-bond donors (Lipinski definition) is 2. The molecule has 3 aromatic rings. The Labute approximate surface area is 167 Å². The summed E-state index contributed by atoms with van der Waals surface area (Å²) >= 11 is 1.51. The number of amides is 2. The monoisotopic (exact) mass is 391 g/mol. The van der Waals surface area contributed by atoms with Crippen LogP contribution in [0.2, 0.25) is 0 Å². The van der Waals surface area contributed by atoms with Gasteiger partial charge in [0.05, 0.1) is 5.69 Å². The van der Waals surface area contributed by atoms with E-state index in [1.54, 1.807) is 12.1 Å². The summed E-state index contributed by atoms with van der Waals surface area (Å²) in [5, 5.41) is 6.37. The molecule has 2 aromatic carbocycles. The predicted molar refractivity (Wildman–Crippen MR) is 112 cm³/mol. The molecule has 1 aliphatic heterocycles. The van der Waals surface area contributed by atoms with Gasteiger partial charge in [-0.2, -0.15) is 0 Å². The minimum atomic E-state index is -0.191. The topological polar surface area (TPSA) is 71.1 Å². The van der Waals surface area contributed by atoms with E-state index >= 15 is 0 Å². The Bertz CT molecular complexity index is 1070. The van der Waals surface area contributed by atoms with Gasteiger partial charge in [0.1, 0.15) is 0 Å². The van der Waals surface area contributed by atoms with E-state index < -0.39 is 0 Å². The minimum Gasteiger partial charge on any atom is -0.326 e. The van der Waals surface area contributed by atoms with Crippen LogP contribution in [-0.4, -0.2) is 16.8 Å². The maximum Gasteiger partial charge on any atom is 0.257 e. The van der Waals surface area contributed by atoms with E-state index in [9.17, 15) is 9.59 Å². The molecule has 4 rings (SSSR count). The number of aromatic nitrogens is 1. The Balaban J connectivity index is 1.53. The largest absolute Gasteiger partial charge is 0.326 e. The smallest absolute Gasteiger partial charge is 0.257 e. The Morgan fingerprint density at radius 3 is 2.82 bits per heavy atom. The van der Waals surface area contributed by atoms with Crippen molar-refractivity contribution in [1.29, 1.82) is 0 Å². The number of carbonyl (C=O) groups is 2. The number of aryl methyl sites for hydroxylation is 2. The Morgan fingerprint density at radius 1 is 1.18 bits per heavy atom. The molecule has 2 heterocycles. The number of benzene rings is 2. The van der Waals surface area contributed by atoms with Crippen LogP contribution in [0.5, 0.6) is 0 Å². The van der Waals surface area contributed by atoms with Crippen molar-refractivity contribution in [2.45, 2.75) is 33.1 Å². The highest BCUT2D eigenvalue weighted by molar-refractivity contribution is 7.15. The van der Waals surface area contributed by atoms with E-state index in [4.69, 9.17) is 0 Å². The summed E-state index contributed by atoms with van der Waals surface area (Å²) in [7, 11) is 0. The van der Waals surface area contributed by atoms with Crippen molar-refractivity contribution in [3.8, 4) is 0 Å². The summed E-state index contributed by atoms with van der Waals surface area (Å²) in [6, 6.07) is 13.8. The molecule has 5 nitrogen and oxygen atoms in total. The zero-order chi connectivity index (χ0) is 19.7. The molecule has 0 saturated heterocycles. The van der Waals surface area contributed by atoms with Crippen molar-refractivity contribution in [2.24, 2.45) is 0 Å². The molecular formula is C22H21N3O2S. The van der Waals surface area contributed by atoms with Gasteiger partial charge in [0, 0.05) is 29.0 Å². The fourth-order valence-corrected chi connectivity index (χ4v) is 4.45. The summed E-state index contributed by atoms with van der Waals surface area (Å²) < 4.78 is 0. The number of fused-ring (bicyclic) bond motifs is 1. The lowest BCUT2D eigenvalue weighted by Crippen LogP contribution is -2.22. The highest BCUT2D eigenvalue weighted by atomic mass is 32.1. The molecule has 0 unspecified atom stereocenters. The summed E-state index contributed by atoms with van der Waals surface area (Å²) in [4.78, 5) is 30.1. The normalized spacial score (nSPS) is 13.0. The van der Waals surface area contributed by atoms with Crippen molar-refractivity contribution in [3.63, 3.8) is 0 Å². The van der Waals surface area contributed by atoms with Crippen LogP contribution in [0.3, 0.4) is 0 Å². The first kappa shape index (κ1) is 18.4. The highest BCUT2D eigenvalue weighted by Crippen LogP contribution is 2.29. The zero-order valence-corrected chi connectivity index (χ0v) is 16.7. The number of hydrogen-bond acceptors (Lipinski definition) is 4. The van der Waals surface area contributed by atoms with Gasteiger partial charge in [0.15, 0.2) is 5.13 Å². The molecule has 0 atom stereocenters. The van der Waals surface area contributed by atoms with Gasteiger partial charge in [-0.3, -0.25) is 14.9 Å². The molecular weight excluding hydrogens is 370 g/mol. The zero-order valence-electron chi connectivity index (χ0n) is 15.8. The van der Waals surface area contributed by atoms with Crippen LogP contribution in [0.4, 0.5) is 10.8 Å². The molecule has 0 spiro atoms. The molecule has 2 N–H and O–H groups in total. The van der Waals surface area contributed by atoms with Crippen molar-refractivity contribution < 1.29 is 9.59 Å². The van der Waals surface area contributed by atoms with Crippen LogP contribution in [0.25, 0.3) is 0 Å². The molecule has 1 aliphatic rings. The molecule has 28 heavy (non-hydrogen) atoms. The molecule has 0 aliphatic carbocycles. The van der Waals surface area contributed by atoms with Gasteiger partial charge in [0.25, 0.3) is 5.91 Å². The van der Waals surface area contributed by atoms with E-state index in [0.717, 1.165) is 28.2 Å². The number of anilines is 2. The van der Waals surface area contributed by atoms with Gasteiger partial charge < -0.3 is 5.32 Å². The van der Waals surface area contributed by atoms with E-state index in [2.05, 4.69) is 46.8 Å².